The zero-order chi connectivity index (χ0) is 14.4. The SMILES string of the molecule is CCC(NNC(=O)c1ccccc1)c1ccc(F)cc1. The molecule has 2 N–H and O–H groups in total. The maximum absolute atomic E-state index is 12.9. The van der Waals surface area contributed by atoms with E-state index < -0.39 is 0 Å². The van der Waals surface area contributed by atoms with Gasteiger partial charge in [0.1, 0.15) is 5.82 Å². The normalized spacial score (nSPS) is 11.9. The number of halogens is 1. The van der Waals surface area contributed by atoms with E-state index in [1.165, 1.54) is 12.1 Å². The van der Waals surface area contributed by atoms with Crippen molar-refractivity contribution in [3.8, 4) is 0 Å². The highest BCUT2D eigenvalue weighted by molar-refractivity contribution is 5.93. The van der Waals surface area contributed by atoms with E-state index in [2.05, 4.69) is 10.9 Å². The van der Waals surface area contributed by atoms with E-state index in [0.29, 0.717) is 5.56 Å². The summed E-state index contributed by atoms with van der Waals surface area (Å²) in [6.45, 7) is 2.00. The summed E-state index contributed by atoms with van der Waals surface area (Å²) in [4.78, 5) is 11.9. The molecule has 0 heterocycles. The standard InChI is InChI=1S/C16H17FN2O/c1-2-15(12-8-10-14(17)11-9-12)18-19-16(20)13-6-4-3-5-7-13/h3-11,15,18H,2H2,1H3,(H,19,20). The van der Waals surface area contributed by atoms with Gasteiger partial charge in [-0.25, -0.2) is 9.82 Å². The van der Waals surface area contributed by atoms with Crippen molar-refractivity contribution in [1.29, 1.82) is 0 Å². The lowest BCUT2D eigenvalue weighted by Crippen LogP contribution is -2.39. The third-order valence-corrected chi connectivity index (χ3v) is 3.08. The zero-order valence-electron chi connectivity index (χ0n) is 11.3. The van der Waals surface area contributed by atoms with Gasteiger partial charge in [0.2, 0.25) is 0 Å². The third-order valence-electron chi connectivity index (χ3n) is 3.08. The smallest absolute Gasteiger partial charge is 0.265 e. The summed E-state index contributed by atoms with van der Waals surface area (Å²) < 4.78 is 12.9. The molecule has 2 aromatic carbocycles. The fraction of sp³-hybridized carbons (Fsp3) is 0.188. The van der Waals surface area contributed by atoms with Crippen molar-refractivity contribution >= 4 is 5.91 Å². The number of hydrazine groups is 1. The van der Waals surface area contributed by atoms with Gasteiger partial charge in [0.25, 0.3) is 5.91 Å². The molecule has 104 valence electrons. The van der Waals surface area contributed by atoms with Gasteiger partial charge >= 0.3 is 0 Å². The first kappa shape index (κ1) is 14.2. The average molecular weight is 272 g/mol. The Morgan fingerprint density at radius 2 is 1.75 bits per heavy atom. The molecule has 0 aromatic heterocycles. The molecule has 4 heteroatoms. The van der Waals surface area contributed by atoms with Crippen LogP contribution in [-0.2, 0) is 0 Å². The molecular formula is C16H17FN2O. The largest absolute Gasteiger partial charge is 0.287 e. The summed E-state index contributed by atoms with van der Waals surface area (Å²) in [7, 11) is 0. The van der Waals surface area contributed by atoms with E-state index in [1.807, 2.05) is 25.1 Å². The summed E-state index contributed by atoms with van der Waals surface area (Å²) in [5, 5.41) is 0. The van der Waals surface area contributed by atoms with Crippen LogP contribution in [-0.4, -0.2) is 5.91 Å². The summed E-state index contributed by atoms with van der Waals surface area (Å²) in [5.74, 6) is -0.455. The summed E-state index contributed by atoms with van der Waals surface area (Å²) in [6, 6.07) is 15.2. The van der Waals surface area contributed by atoms with E-state index in [0.717, 1.165) is 12.0 Å². The Morgan fingerprint density at radius 3 is 2.35 bits per heavy atom. The highest BCUT2D eigenvalue weighted by atomic mass is 19.1. The van der Waals surface area contributed by atoms with Crippen LogP contribution in [0, 0.1) is 5.82 Å². The van der Waals surface area contributed by atoms with Gasteiger partial charge in [0.15, 0.2) is 0 Å². The van der Waals surface area contributed by atoms with Crippen molar-refractivity contribution in [2.75, 3.05) is 0 Å². The number of nitrogens with one attached hydrogen (secondary N) is 2. The zero-order valence-corrected chi connectivity index (χ0v) is 11.3. The van der Waals surface area contributed by atoms with Gasteiger partial charge in [-0.1, -0.05) is 37.3 Å². The molecule has 0 aliphatic heterocycles. The lowest BCUT2D eigenvalue weighted by molar-refractivity contribution is 0.0924. The number of hydrogen-bond donors (Lipinski definition) is 2. The van der Waals surface area contributed by atoms with Crippen LogP contribution in [0.2, 0.25) is 0 Å². The minimum absolute atomic E-state index is 0.0525. The highest BCUT2D eigenvalue weighted by Gasteiger charge is 2.11. The van der Waals surface area contributed by atoms with Gasteiger partial charge in [-0.15, -0.1) is 0 Å². The molecule has 0 bridgehead atoms. The molecule has 0 radical (unpaired) electrons. The first-order valence-corrected chi connectivity index (χ1v) is 6.57. The lowest BCUT2D eigenvalue weighted by atomic mass is 10.1. The average Bonchev–Trinajstić information content (AvgIpc) is 2.50. The van der Waals surface area contributed by atoms with Crippen LogP contribution in [0.15, 0.2) is 54.6 Å². The quantitative estimate of drug-likeness (QED) is 0.821. The van der Waals surface area contributed by atoms with E-state index in [4.69, 9.17) is 0 Å². The Bertz CT molecular complexity index is 554. The topological polar surface area (TPSA) is 41.1 Å². The Hall–Kier alpha value is -2.20. The minimum Gasteiger partial charge on any atom is -0.287 e. The van der Waals surface area contributed by atoms with Crippen LogP contribution in [0.4, 0.5) is 4.39 Å². The minimum atomic E-state index is -0.267. The molecular weight excluding hydrogens is 255 g/mol. The van der Waals surface area contributed by atoms with Crippen molar-refractivity contribution in [2.45, 2.75) is 19.4 Å². The summed E-state index contributed by atoms with van der Waals surface area (Å²) >= 11 is 0. The molecule has 2 aromatic rings. The fourth-order valence-corrected chi connectivity index (χ4v) is 1.93. The van der Waals surface area contributed by atoms with E-state index in [9.17, 15) is 9.18 Å². The first-order valence-electron chi connectivity index (χ1n) is 6.57. The lowest BCUT2D eigenvalue weighted by Gasteiger charge is -2.18. The van der Waals surface area contributed by atoms with Crippen molar-refractivity contribution in [1.82, 2.24) is 10.9 Å². The van der Waals surface area contributed by atoms with Gasteiger partial charge in [-0.05, 0) is 36.2 Å². The molecule has 0 aliphatic rings. The van der Waals surface area contributed by atoms with E-state index in [1.54, 1.807) is 24.3 Å². The Balaban J connectivity index is 1.97. The second-order valence-corrected chi connectivity index (χ2v) is 4.48. The highest BCUT2D eigenvalue weighted by Crippen LogP contribution is 2.16. The van der Waals surface area contributed by atoms with E-state index in [-0.39, 0.29) is 17.8 Å². The number of amides is 1. The number of benzene rings is 2. The predicted octanol–water partition coefficient (Wildman–Crippen LogP) is 3.21. The van der Waals surface area contributed by atoms with Crippen LogP contribution in [0.25, 0.3) is 0 Å². The third kappa shape index (κ3) is 3.65. The Labute approximate surface area is 117 Å². The van der Waals surface area contributed by atoms with Gasteiger partial charge in [-0.3, -0.25) is 10.2 Å². The van der Waals surface area contributed by atoms with Crippen LogP contribution >= 0.6 is 0 Å². The summed E-state index contributed by atoms with van der Waals surface area (Å²) in [5.41, 5.74) is 7.19. The second kappa shape index (κ2) is 6.82. The molecule has 0 spiro atoms. The van der Waals surface area contributed by atoms with Crippen LogP contribution in [0.3, 0.4) is 0 Å². The molecule has 1 unspecified atom stereocenters. The van der Waals surface area contributed by atoms with E-state index >= 15 is 0 Å². The van der Waals surface area contributed by atoms with Gasteiger partial charge < -0.3 is 0 Å². The van der Waals surface area contributed by atoms with Crippen molar-refractivity contribution < 1.29 is 9.18 Å². The van der Waals surface area contributed by atoms with Crippen molar-refractivity contribution in [3.05, 3.63) is 71.5 Å². The van der Waals surface area contributed by atoms with Crippen LogP contribution in [0.1, 0.15) is 35.3 Å². The molecule has 0 fully saturated rings. The second-order valence-electron chi connectivity index (χ2n) is 4.48. The maximum Gasteiger partial charge on any atom is 0.265 e. The number of rotatable bonds is 5. The van der Waals surface area contributed by atoms with Gasteiger partial charge in [0.05, 0.1) is 6.04 Å². The molecule has 0 saturated heterocycles. The molecule has 20 heavy (non-hydrogen) atoms. The van der Waals surface area contributed by atoms with Crippen LogP contribution < -0.4 is 10.9 Å². The molecule has 2 rings (SSSR count). The number of carbonyl (C=O) groups excluding carboxylic acids is 1. The Morgan fingerprint density at radius 1 is 1.10 bits per heavy atom. The molecule has 1 atom stereocenters. The molecule has 0 saturated carbocycles. The van der Waals surface area contributed by atoms with Crippen LogP contribution in [0.5, 0.6) is 0 Å². The number of carbonyl (C=O) groups is 1. The first-order chi connectivity index (χ1) is 9.70. The number of hydrogen-bond acceptors (Lipinski definition) is 2. The van der Waals surface area contributed by atoms with Crippen molar-refractivity contribution in [3.63, 3.8) is 0 Å². The Kier molecular flexibility index (Phi) is 4.85. The molecule has 1 amide bonds. The maximum atomic E-state index is 12.9. The molecule has 3 nitrogen and oxygen atoms in total. The molecule has 0 aliphatic carbocycles. The fourth-order valence-electron chi connectivity index (χ4n) is 1.93. The van der Waals surface area contributed by atoms with Gasteiger partial charge in [0, 0.05) is 5.56 Å². The predicted molar refractivity (Wildman–Crippen MR) is 76.5 cm³/mol. The monoisotopic (exact) mass is 272 g/mol. The van der Waals surface area contributed by atoms with Gasteiger partial charge in [-0.2, -0.15) is 0 Å². The van der Waals surface area contributed by atoms with Crippen molar-refractivity contribution in [2.24, 2.45) is 0 Å². The summed E-state index contributed by atoms with van der Waals surface area (Å²) in [6.07, 6.45) is 0.778.